The minimum absolute atomic E-state index is 0. The van der Waals surface area contributed by atoms with E-state index in [0.29, 0.717) is 12.5 Å². The highest BCUT2D eigenvalue weighted by molar-refractivity contribution is 14.0. The van der Waals surface area contributed by atoms with Crippen LogP contribution in [0.25, 0.3) is 0 Å². The summed E-state index contributed by atoms with van der Waals surface area (Å²) in [4.78, 5) is 9.72. The number of benzene rings is 1. The minimum atomic E-state index is 0. The highest BCUT2D eigenvalue weighted by Gasteiger charge is 2.25. The van der Waals surface area contributed by atoms with Gasteiger partial charge in [0.1, 0.15) is 5.76 Å². The summed E-state index contributed by atoms with van der Waals surface area (Å²) in [6, 6.07) is 12.6. The lowest BCUT2D eigenvalue weighted by atomic mass is 10.0. The van der Waals surface area contributed by atoms with Gasteiger partial charge in [0.25, 0.3) is 0 Å². The zero-order chi connectivity index (χ0) is 23.0. The number of likely N-dealkylation sites (tertiary alicyclic amines) is 1. The van der Waals surface area contributed by atoms with Gasteiger partial charge in [-0.1, -0.05) is 24.3 Å². The first-order chi connectivity index (χ1) is 16.1. The number of rotatable bonds is 9. The molecular formula is C26H37IN6O. The molecular weight excluding hydrogens is 539 g/mol. The Morgan fingerprint density at radius 2 is 2.03 bits per heavy atom. The van der Waals surface area contributed by atoms with Gasteiger partial charge in [-0.2, -0.15) is 5.10 Å². The molecule has 7 nitrogen and oxygen atoms in total. The zero-order valence-corrected chi connectivity index (χ0v) is 22.8. The summed E-state index contributed by atoms with van der Waals surface area (Å²) in [5, 5.41) is 7.82. The summed E-state index contributed by atoms with van der Waals surface area (Å²) >= 11 is 0. The first-order valence-electron chi connectivity index (χ1n) is 11.9. The van der Waals surface area contributed by atoms with Crippen molar-refractivity contribution in [3.05, 3.63) is 77.5 Å². The molecule has 4 rings (SSSR count). The minimum Gasteiger partial charge on any atom is -0.468 e. The normalized spacial score (nSPS) is 16.2. The molecule has 3 aromatic rings. The van der Waals surface area contributed by atoms with Gasteiger partial charge in [0.05, 0.1) is 25.5 Å². The molecule has 3 heterocycles. The standard InChI is InChI=1S/C26H36N6O.HI/c1-4-27-26(32-12-11-21(18-32)14-22-15-29-31(3)17-22)28-16-23-8-5-6-9-24(23)19-30(2)20-25-10-7-13-33-25;/h5-10,13,15,17,21H,4,11-12,14,16,18-20H2,1-3H3,(H,27,28);1H. The molecule has 1 fully saturated rings. The molecule has 0 saturated carbocycles. The molecule has 0 spiro atoms. The number of hydrogen-bond donors (Lipinski definition) is 1. The van der Waals surface area contributed by atoms with Crippen LogP contribution in [-0.4, -0.2) is 52.2 Å². The fraction of sp³-hybridized carbons (Fsp3) is 0.462. The third kappa shape index (κ3) is 7.33. The molecule has 0 aliphatic carbocycles. The predicted molar refractivity (Wildman–Crippen MR) is 147 cm³/mol. The zero-order valence-electron chi connectivity index (χ0n) is 20.5. The van der Waals surface area contributed by atoms with Crippen molar-refractivity contribution in [2.75, 3.05) is 26.7 Å². The van der Waals surface area contributed by atoms with Crippen LogP contribution in [-0.2, 0) is 33.1 Å². The summed E-state index contributed by atoms with van der Waals surface area (Å²) in [5.41, 5.74) is 3.89. The van der Waals surface area contributed by atoms with Crippen LogP contribution in [0, 0.1) is 5.92 Å². The Morgan fingerprint density at radius 1 is 1.21 bits per heavy atom. The van der Waals surface area contributed by atoms with E-state index in [1.807, 2.05) is 30.1 Å². The van der Waals surface area contributed by atoms with Gasteiger partial charge in [-0.15, -0.1) is 24.0 Å². The number of nitrogens with one attached hydrogen (secondary N) is 1. The van der Waals surface area contributed by atoms with E-state index in [4.69, 9.17) is 9.41 Å². The van der Waals surface area contributed by atoms with Crippen LogP contribution in [0.4, 0.5) is 0 Å². The van der Waals surface area contributed by atoms with Crippen molar-refractivity contribution >= 4 is 29.9 Å². The van der Waals surface area contributed by atoms with Crippen molar-refractivity contribution in [3.63, 3.8) is 0 Å². The number of guanidine groups is 1. The van der Waals surface area contributed by atoms with Crippen LogP contribution in [0.5, 0.6) is 0 Å². The SMILES string of the molecule is CCNC(=NCc1ccccc1CN(C)Cc1ccco1)N1CCC(Cc2cnn(C)c2)C1.I. The number of furan rings is 1. The van der Waals surface area contributed by atoms with Gasteiger partial charge in [-0.25, -0.2) is 4.99 Å². The van der Waals surface area contributed by atoms with Gasteiger partial charge < -0.3 is 14.6 Å². The Balaban J connectivity index is 0.00000324. The van der Waals surface area contributed by atoms with E-state index in [2.05, 4.69) is 64.6 Å². The largest absolute Gasteiger partial charge is 0.468 e. The number of aromatic nitrogens is 2. The van der Waals surface area contributed by atoms with Crippen molar-refractivity contribution < 1.29 is 4.42 Å². The van der Waals surface area contributed by atoms with E-state index in [-0.39, 0.29) is 24.0 Å². The van der Waals surface area contributed by atoms with Crippen LogP contribution in [0.15, 0.2) is 64.5 Å². The van der Waals surface area contributed by atoms with Crippen molar-refractivity contribution in [3.8, 4) is 0 Å². The molecule has 0 amide bonds. The molecule has 1 unspecified atom stereocenters. The Labute approximate surface area is 220 Å². The van der Waals surface area contributed by atoms with Crippen molar-refractivity contribution in [1.29, 1.82) is 0 Å². The molecule has 34 heavy (non-hydrogen) atoms. The maximum Gasteiger partial charge on any atom is 0.194 e. The third-order valence-electron chi connectivity index (χ3n) is 6.17. The molecule has 8 heteroatoms. The summed E-state index contributed by atoms with van der Waals surface area (Å²) in [7, 11) is 4.10. The van der Waals surface area contributed by atoms with Crippen molar-refractivity contribution in [2.24, 2.45) is 18.0 Å². The van der Waals surface area contributed by atoms with E-state index >= 15 is 0 Å². The predicted octanol–water partition coefficient (Wildman–Crippen LogP) is 4.29. The van der Waals surface area contributed by atoms with Gasteiger partial charge in [-0.05, 0) is 61.6 Å². The smallest absolute Gasteiger partial charge is 0.194 e. The summed E-state index contributed by atoms with van der Waals surface area (Å²) < 4.78 is 7.39. The molecule has 1 aromatic carbocycles. The van der Waals surface area contributed by atoms with E-state index in [0.717, 1.165) is 50.9 Å². The van der Waals surface area contributed by atoms with Crippen LogP contribution in [0.2, 0.25) is 0 Å². The van der Waals surface area contributed by atoms with E-state index < -0.39 is 0 Å². The lowest BCUT2D eigenvalue weighted by Crippen LogP contribution is -2.40. The fourth-order valence-electron chi connectivity index (χ4n) is 4.57. The molecule has 0 bridgehead atoms. The lowest BCUT2D eigenvalue weighted by Gasteiger charge is -2.22. The topological polar surface area (TPSA) is 61.8 Å². The van der Waals surface area contributed by atoms with Crippen LogP contribution >= 0.6 is 24.0 Å². The Bertz CT molecular complexity index is 1030. The highest BCUT2D eigenvalue weighted by Crippen LogP contribution is 2.21. The van der Waals surface area contributed by atoms with Crippen molar-refractivity contribution in [1.82, 2.24) is 24.9 Å². The molecule has 1 atom stereocenters. The third-order valence-corrected chi connectivity index (χ3v) is 6.17. The number of nitrogens with zero attached hydrogens (tertiary/aromatic N) is 5. The Morgan fingerprint density at radius 3 is 2.74 bits per heavy atom. The molecule has 2 aromatic heterocycles. The van der Waals surface area contributed by atoms with Crippen LogP contribution < -0.4 is 5.32 Å². The molecule has 1 aliphatic rings. The number of hydrogen-bond acceptors (Lipinski definition) is 4. The van der Waals surface area contributed by atoms with Crippen LogP contribution in [0.3, 0.4) is 0 Å². The van der Waals surface area contributed by atoms with Crippen molar-refractivity contribution in [2.45, 2.75) is 39.4 Å². The maximum atomic E-state index is 5.50. The van der Waals surface area contributed by atoms with E-state index in [9.17, 15) is 0 Å². The average molecular weight is 577 g/mol. The molecule has 0 radical (unpaired) electrons. The first-order valence-corrected chi connectivity index (χ1v) is 11.9. The molecule has 1 N–H and O–H groups in total. The first kappa shape index (κ1) is 26.3. The van der Waals surface area contributed by atoms with Gasteiger partial charge in [-0.3, -0.25) is 9.58 Å². The molecule has 1 saturated heterocycles. The van der Waals surface area contributed by atoms with Gasteiger partial charge >= 0.3 is 0 Å². The number of aliphatic imine (C=N–C) groups is 1. The fourth-order valence-corrected chi connectivity index (χ4v) is 4.57. The van der Waals surface area contributed by atoms with Gasteiger partial charge in [0.2, 0.25) is 0 Å². The maximum absolute atomic E-state index is 5.50. The van der Waals surface area contributed by atoms with Crippen LogP contribution in [0.1, 0.15) is 35.8 Å². The monoisotopic (exact) mass is 576 g/mol. The number of halogens is 1. The second-order valence-electron chi connectivity index (χ2n) is 9.02. The Hall–Kier alpha value is -2.33. The highest BCUT2D eigenvalue weighted by atomic mass is 127. The van der Waals surface area contributed by atoms with Gasteiger partial charge in [0, 0.05) is 39.4 Å². The quantitative estimate of drug-likeness (QED) is 0.234. The molecule has 1 aliphatic heterocycles. The molecule has 184 valence electrons. The Kier molecular flexibility index (Phi) is 10.0. The lowest BCUT2D eigenvalue weighted by molar-refractivity contribution is 0.287. The summed E-state index contributed by atoms with van der Waals surface area (Å²) in [6.45, 7) is 7.42. The summed E-state index contributed by atoms with van der Waals surface area (Å²) in [6.07, 6.45) is 8.11. The van der Waals surface area contributed by atoms with E-state index in [1.54, 1.807) is 6.26 Å². The summed E-state index contributed by atoms with van der Waals surface area (Å²) in [5.74, 6) is 2.64. The average Bonchev–Trinajstić information content (AvgIpc) is 3.56. The van der Waals surface area contributed by atoms with E-state index in [1.165, 1.54) is 23.1 Å². The number of aryl methyl sites for hydroxylation is 1. The second kappa shape index (κ2) is 12.9. The second-order valence-corrected chi connectivity index (χ2v) is 9.02. The van der Waals surface area contributed by atoms with Gasteiger partial charge in [0.15, 0.2) is 5.96 Å².